The van der Waals surface area contributed by atoms with Gasteiger partial charge in [0.25, 0.3) is 0 Å². The summed E-state index contributed by atoms with van der Waals surface area (Å²) >= 11 is 0. The number of nitrogen functional groups attached to an aromatic ring is 1. The number of aromatic nitrogens is 1. The lowest BCUT2D eigenvalue weighted by Crippen LogP contribution is -2.17. The third-order valence-electron chi connectivity index (χ3n) is 2.83. The summed E-state index contributed by atoms with van der Waals surface area (Å²) < 4.78 is 7.03. The molecular weight excluding hydrogens is 220 g/mol. The second-order valence-electron chi connectivity index (χ2n) is 4.68. The fourth-order valence-electron chi connectivity index (χ4n) is 1.66. The minimum absolute atomic E-state index is 0.0130. The Morgan fingerprint density at radius 1 is 1.71 bits per heavy atom. The summed E-state index contributed by atoms with van der Waals surface area (Å²) in [5.41, 5.74) is 6.79. The molecule has 1 aromatic rings. The Balaban J connectivity index is 2.03. The standard InChI is InChI=1S/C12H18N2O3/c1-8(6-15)7-17-12(16)11-4-9(13)5-14(11)10-2-3-10/h4-5,8,10,15H,2-3,6-7,13H2,1H3. The van der Waals surface area contributed by atoms with Crippen molar-refractivity contribution in [1.29, 1.82) is 0 Å². The summed E-state index contributed by atoms with van der Waals surface area (Å²) in [6, 6.07) is 2.04. The molecule has 3 N–H and O–H groups in total. The van der Waals surface area contributed by atoms with Crippen LogP contribution in [-0.2, 0) is 4.74 Å². The molecule has 1 aromatic heterocycles. The summed E-state index contributed by atoms with van der Waals surface area (Å²) in [5.74, 6) is -0.408. The van der Waals surface area contributed by atoms with Crippen LogP contribution in [0.15, 0.2) is 12.3 Å². The fraction of sp³-hybridized carbons (Fsp3) is 0.583. The zero-order valence-corrected chi connectivity index (χ0v) is 9.93. The van der Waals surface area contributed by atoms with Gasteiger partial charge in [0.05, 0.1) is 12.3 Å². The predicted molar refractivity (Wildman–Crippen MR) is 63.6 cm³/mol. The van der Waals surface area contributed by atoms with E-state index < -0.39 is 0 Å². The van der Waals surface area contributed by atoms with Crippen molar-refractivity contribution in [2.45, 2.75) is 25.8 Å². The number of nitrogens with zero attached hydrogens (tertiary/aromatic N) is 1. The number of carbonyl (C=O) groups excluding carboxylic acids is 1. The van der Waals surface area contributed by atoms with E-state index in [9.17, 15) is 4.79 Å². The first-order valence-electron chi connectivity index (χ1n) is 5.87. The normalized spacial score (nSPS) is 16.8. The maximum Gasteiger partial charge on any atom is 0.355 e. The van der Waals surface area contributed by atoms with E-state index in [0.29, 0.717) is 17.4 Å². The molecular formula is C12H18N2O3. The lowest BCUT2D eigenvalue weighted by molar-refractivity contribution is 0.0393. The lowest BCUT2D eigenvalue weighted by atomic mass is 10.2. The highest BCUT2D eigenvalue weighted by Crippen LogP contribution is 2.37. The third kappa shape index (κ3) is 2.79. The molecule has 1 fully saturated rings. The highest BCUT2D eigenvalue weighted by Gasteiger charge is 2.28. The number of anilines is 1. The van der Waals surface area contributed by atoms with Crippen LogP contribution in [-0.4, -0.2) is 28.9 Å². The predicted octanol–water partition coefficient (Wildman–Crippen LogP) is 1.19. The second kappa shape index (κ2) is 4.79. The van der Waals surface area contributed by atoms with Crippen LogP contribution < -0.4 is 5.73 Å². The van der Waals surface area contributed by atoms with E-state index >= 15 is 0 Å². The Kier molecular flexibility index (Phi) is 3.38. The second-order valence-corrected chi connectivity index (χ2v) is 4.68. The minimum Gasteiger partial charge on any atom is -0.461 e. The summed E-state index contributed by atoms with van der Waals surface area (Å²) in [7, 11) is 0. The molecule has 1 heterocycles. The van der Waals surface area contributed by atoms with Crippen molar-refractivity contribution in [3.63, 3.8) is 0 Å². The van der Waals surface area contributed by atoms with E-state index in [1.54, 1.807) is 12.3 Å². The van der Waals surface area contributed by atoms with Crippen molar-refractivity contribution in [3.8, 4) is 0 Å². The molecule has 17 heavy (non-hydrogen) atoms. The molecule has 0 aromatic carbocycles. The van der Waals surface area contributed by atoms with Gasteiger partial charge in [-0.3, -0.25) is 0 Å². The number of hydrogen-bond acceptors (Lipinski definition) is 4. The van der Waals surface area contributed by atoms with Crippen LogP contribution in [0.3, 0.4) is 0 Å². The summed E-state index contributed by atoms with van der Waals surface area (Å²) in [5, 5.41) is 8.86. The number of hydrogen-bond donors (Lipinski definition) is 2. The maximum absolute atomic E-state index is 11.9. The van der Waals surface area contributed by atoms with Crippen LogP contribution >= 0.6 is 0 Å². The first-order valence-corrected chi connectivity index (χ1v) is 5.87. The number of aliphatic hydroxyl groups excluding tert-OH is 1. The van der Waals surface area contributed by atoms with E-state index in [-0.39, 0.29) is 25.1 Å². The van der Waals surface area contributed by atoms with Gasteiger partial charge in [0.2, 0.25) is 0 Å². The Bertz CT molecular complexity index is 410. The number of aliphatic hydroxyl groups is 1. The molecule has 0 spiro atoms. The third-order valence-corrected chi connectivity index (χ3v) is 2.83. The smallest absolute Gasteiger partial charge is 0.355 e. The van der Waals surface area contributed by atoms with Gasteiger partial charge in [-0.25, -0.2) is 4.79 Å². The van der Waals surface area contributed by atoms with Crippen molar-refractivity contribution < 1.29 is 14.6 Å². The summed E-state index contributed by atoms with van der Waals surface area (Å²) in [4.78, 5) is 11.9. The van der Waals surface area contributed by atoms with Gasteiger partial charge in [-0.1, -0.05) is 6.92 Å². The Morgan fingerprint density at radius 2 is 2.41 bits per heavy atom. The molecule has 1 unspecified atom stereocenters. The van der Waals surface area contributed by atoms with Crippen molar-refractivity contribution in [3.05, 3.63) is 18.0 Å². The zero-order valence-electron chi connectivity index (χ0n) is 9.93. The van der Waals surface area contributed by atoms with E-state index in [0.717, 1.165) is 12.8 Å². The van der Waals surface area contributed by atoms with Crippen LogP contribution in [0.25, 0.3) is 0 Å². The lowest BCUT2D eigenvalue weighted by Gasteiger charge is -2.10. The van der Waals surface area contributed by atoms with Crippen LogP contribution in [0.5, 0.6) is 0 Å². The Morgan fingerprint density at radius 3 is 3.00 bits per heavy atom. The van der Waals surface area contributed by atoms with Gasteiger partial charge in [-0.05, 0) is 18.9 Å². The van der Waals surface area contributed by atoms with Crippen molar-refractivity contribution in [2.75, 3.05) is 18.9 Å². The van der Waals surface area contributed by atoms with Gasteiger partial charge in [0.1, 0.15) is 5.69 Å². The number of rotatable bonds is 5. The summed E-state index contributed by atoms with van der Waals surface area (Å²) in [6.07, 6.45) is 3.95. The maximum atomic E-state index is 11.9. The molecule has 5 heteroatoms. The van der Waals surface area contributed by atoms with Crippen molar-refractivity contribution in [1.82, 2.24) is 4.57 Å². The zero-order chi connectivity index (χ0) is 12.4. The average molecular weight is 238 g/mol. The van der Waals surface area contributed by atoms with Crippen molar-refractivity contribution in [2.24, 2.45) is 5.92 Å². The van der Waals surface area contributed by atoms with Gasteiger partial charge < -0.3 is 20.1 Å². The van der Waals surface area contributed by atoms with Gasteiger partial charge >= 0.3 is 5.97 Å². The molecule has 94 valence electrons. The number of esters is 1. The quantitative estimate of drug-likeness (QED) is 0.755. The van der Waals surface area contributed by atoms with E-state index in [1.165, 1.54) is 0 Å². The van der Waals surface area contributed by atoms with Gasteiger partial charge in [-0.15, -0.1) is 0 Å². The minimum atomic E-state index is -0.367. The molecule has 0 bridgehead atoms. The molecule has 1 aliphatic carbocycles. The molecule has 0 aliphatic heterocycles. The van der Waals surface area contributed by atoms with Gasteiger partial charge in [0.15, 0.2) is 0 Å². The first kappa shape index (κ1) is 12.0. The topological polar surface area (TPSA) is 77.5 Å². The average Bonchev–Trinajstić information content (AvgIpc) is 3.09. The van der Waals surface area contributed by atoms with E-state index in [4.69, 9.17) is 15.6 Å². The van der Waals surface area contributed by atoms with Crippen LogP contribution in [0.1, 0.15) is 36.3 Å². The van der Waals surface area contributed by atoms with E-state index in [1.807, 2.05) is 11.5 Å². The number of ether oxygens (including phenoxy) is 1. The van der Waals surface area contributed by atoms with Crippen LogP contribution in [0.4, 0.5) is 5.69 Å². The highest BCUT2D eigenvalue weighted by molar-refractivity contribution is 5.89. The molecule has 1 saturated carbocycles. The van der Waals surface area contributed by atoms with Gasteiger partial charge in [0, 0.05) is 24.8 Å². The SMILES string of the molecule is CC(CO)COC(=O)c1cc(N)cn1C1CC1. The number of nitrogens with two attached hydrogens (primary N) is 1. The Hall–Kier alpha value is -1.49. The fourth-order valence-corrected chi connectivity index (χ4v) is 1.66. The molecule has 2 rings (SSSR count). The Labute approximate surface area is 100 Å². The number of carbonyl (C=O) groups is 1. The molecule has 0 amide bonds. The molecule has 1 atom stereocenters. The monoisotopic (exact) mass is 238 g/mol. The van der Waals surface area contributed by atoms with Gasteiger partial charge in [-0.2, -0.15) is 0 Å². The van der Waals surface area contributed by atoms with Crippen LogP contribution in [0.2, 0.25) is 0 Å². The first-order chi connectivity index (χ1) is 8.11. The largest absolute Gasteiger partial charge is 0.461 e. The molecule has 5 nitrogen and oxygen atoms in total. The molecule has 0 saturated heterocycles. The summed E-state index contributed by atoms with van der Waals surface area (Å²) in [6.45, 7) is 2.06. The van der Waals surface area contributed by atoms with E-state index in [2.05, 4.69) is 0 Å². The van der Waals surface area contributed by atoms with Crippen molar-refractivity contribution >= 4 is 11.7 Å². The molecule has 0 radical (unpaired) electrons. The molecule has 1 aliphatic rings. The highest BCUT2D eigenvalue weighted by atomic mass is 16.5. The van der Waals surface area contributed by atoms with Crippen LogP contribution in [0, 0.1) is 5.92 Å².